The van der Waals surface area contributed by atoms with E-state index < -0.39 is 0 Å². The van der Waals surface area contributed by atoms with E-state index in [2.05, 4.69) is 49.9 Å². The first kappa shape index (κ1) is 18.8. The van der Waals surface area contributed by atoms with Gasteiger partial charge in [0.15, 0.2) is 4.96 Å². The summed E-state index contributed by atoms with van der Waals surface area (Å²) < 4.78 is 1.68. The highest BCUT2D eigenvalue weighted by Crippen LogP contribution is 2.17. The van der Waals surface area contributed by atoms with E-state index in [0.29, 0.717) is 12.5 Å². The van der Waals surface area contributed by atoms with Gasteiger partial charge in [-0.25, -0.2) is 4.98 Å². The Morgan fingerprint density at radius 2 is 1.92 bits per heavy atom. The first-order chi connectivity index (χ1) is 12.5. The van der Waals surface area contributed by atoms with E-state index in [0.717, 1.165) is 35.9 Å². The Morgan fingerprint density at radius 3 is 2.58 bits per heavy atom. The molecule has 0 aliphatic heterocycles. The van der Waals surface area contributed by atoms with Gasteiger partial charge >= 0.3 is 0 Å². The molecule has 0 radical (unpaired) electrons. The maximum Gasteiger partial charge on any atom is 0.259 e. The Bertz CT molecular complexity index is 925. The fourth-order valence-corrected chi connectivity index (χ4v) is 4.10. The van der Waals surface area contributed by atoms with Crippen molar-refractivity contribution in [2.45, 2.75) is 53.1 Å². The van der Waals surface area contributed by atoms with Crippen molar-refractivity contribution in [2.24, 2.45) is 0 Å². The molecule has 0 atom stereocenters. The zero-order valence-electron chi connectivity index (χ0n) is 16.0. The van der Waals surface area contributed by atoms with Gasteiger partial charge in [0.2, 0.25) is 0 Å². The molecule has 0 fully saturated rings. The lowest BCUT2D eigenvalue weighted by Gasteiger charge is -2.21. The third-order valence-electron chi connectivity index (χ3n) is 4.61. The van der Waals surface area contributed by atoms with E-state index in [4.69, 9.17) is 4.98 Å². The van der Waals surface area contributed by atoms with Crippen LogP contribution in [0.4, 0.5) is 0 Å². The van der Waals surface area contributed by atoms with Crippen LogP contribution in [-0.4, -0.2) is 20.8 Å². The smallest absolute Gasteiger partial charge is 0.259 e. The summed E-state index contributed by atoms with van der Waals surface area (Å²) in [5.74, 6) is 0.550. The summed E-state index contributed by atoms with van der Waals surface area (Å²) in [6, 6.07) is 10.5. The average Bonchev–Trinajstić information content (AvgIpc) is 2.97. The normalized spacial score (nSPS) is 11.8. The highest BCUT2D eigenvalue weighted by atomic mass is 32.1. The fraction of sp³-hybridized carbons (Fsp3) is 0.429. The lowest BCUT2D eigenvalue weighted by atomic mass is 10.0. The van der Waals surface area contributed by atoms with Crippen molar-refractivity contribution in [3.63, 3.8) is 0 Å². The molecular weight excluding hydrogens is 342 g/mol. The van der Waals surface area contributed by atoms with Crippen LogP contribution in [0.2, 0.25) is 0 Å². The van der Waals surface area contributed by atoms with Crippen LogP contribution < -0.4 is 5.56 Å². The van der Waals surface area contributed by atoms with Gasteiger partial charge in [-0.3, -0.25) is 14.1 Å². The largest absolute Gasteiger partial charge is 0.293 e. The molecule has 2 aromatic heterocycles. The highest BCUT2D eigenvalue weighted by molar-refractivity contribution is 7.15. The first-order valence-electron chi connectivity index (χ1n) is 9.26. The molecule has 3 rings (SSSR count). The molecule has 2 heterocycles. The minimum absolute atomic E-state index is 0.0153. The zero-order chi connectivity index (χ0) is 18.7. The molecule has 0 N–H and O–H groups in total. The SMILES string of the molecule is CCCN(Cc1ccc(C(C)C)cc1)Cc1cc(=O)n2c(C)csc2n1. The maximum absolute atomic E-state index is 12.4. The number of hydrogen-bond acceptors (Lipinski definition) is 4. The van der Waals surface area contributed by atoms with Crippen LogP contribution in [-0.2, 0) is 13.1 Å². The van der Waals surface area contributed by atoms with Gasteiger partial charge in [0, 0.05) is 30.2 Å². The Labute approximate surface area is 159 Å². The molecular formula is C21H27N3OS. The van der Waals surface area contributed by atoms with E-state index in [1.165, 1.54) is 22.5 Å². The van der Waals surface area contributed by atoms with Crippen LogP contribution >= 0.6 is 11.3 Å². The Kier molecular flexibility index (Phi) is 5.89. The van der Waals surface area contributed by atoms with Crippen LogP contribution in [0.1, 0.15) is 55.6 Å². The lowest BCUT2D eigenvalue weighted by molar-refractivity contribution is 0.254. The second-order valence-electron chi connectivity index (χ2n) is 7.19. The van der Waals surface area contributed by atoms with E-state index in [-0.39, 0.29) is 5.56 Å². The number of nitrogens with zero attached hydrogens (tertiary/aromatic N) is 3. The molecule has 0 saturated heterocycles. The molecule has 0 saturated carbocycles. The van der Waals surface area contributed by atoms with Gasteiger partial charge in [-0.05, 0) is 36.9 Å². The molecule has 138 valence electrons. The van der Waals surface area contributed by atoms with E-state index in [1.54, 1.807) is 10.5 Å². The van der Waals surface area contributed by atoms with E-state index in [9.17, 15) is 4.79 Å². The second kappa shape index (κ2) is 8.14. The summed E-state index contributed by atoms with van der Waals surface area (Å²) in [6.07, 6.45) is 1.07. The number of aryl methyl sites for hydroxylation is 1. The van der Waals surface area contributed by atoms with Gasteiger partial charge in [0.1, 0.15) is 0 Å². The summed E-state index contributed by atoms with van der Waals surface area (Å²) in [4.78, 5) is 20.2. The summed E-state index contributed by atoms with van der Waals surface area (Å²) in [7, 11) is 0. The Morgan fingerprint density at radius 1 is 1.19 bits per heavy atom. The molecule has 5 heteroatoms. The standard InChI is InChI=1S/C21H27N3OS/c1-5-10-23(12-17-6-8-18(9-7-17)15(2)3)13-19-11-20(25)24-16(4)14-26-21(24)22-19/h6-9,11,14-15H,5,10,12-13H2,1-4H3. The Balaban J connectivity index is 1.79. The molecule has 3 aromatic rings. The number of thiazole rings is 1. The quantitative estimate of drug-likeness (QED) is 0.611. The third kappa shape index (κ3) is 4.22. The van der Waals surface area contributed by atoms with Crippen LogP contribution in [0.3, 0.4) is 0 Å². The van der Waals surface area contributed by atoms with Crippen LogP contribution in [0.15, 0.2) is 40.5 Å². The van der Waals surface area contributed by atoms with Crippen LogP contribution in [0.5, 0.6) is 0 Å². The van der Waals surface area contributed by atoms with E-state index >= 15 is 0 Å². The summed E-state index contributed by atoms with van der Waals surface area (Å²) in [5.41, 5.74) is 4.48. The third-order valence-corrected chi connectivity index (χ3v) is 5.55. The van der Waals surface area contributed by atoms with Gasteiger partial charge in [-0.2, -0.15) is 0 Å². The number of fused-ring (bicyclic) bond motifs is 1. The van der Waals surface area contributed by atoms with Crippen molar-refractivity contribution < 1.29 is 0 Å². The maximum atomic E-state index is 12.4. The van der Waals surface area contributed by atoms with Crippen LogP contribution in [0, 0.1) is 6.92 Å². The van der Waals surface area contributed by atoms with Gasteiger partial charge in [0.25, 0.3) is 5.56 Å². The van der Waals surface area contributed by atoms with Crippen molar-refractivity contribution in [1.82, 2.24) is 14.3 Å². The molecule has 26 heavy (non-hydrogen) atoms. The van der Waals surface area contributed by atoms with Crippen molar-refractivity contribution in [2.75, 3.05) is 6.54 Å². The molecule has 0 aliphatic carbocycles. The second-order valence-corrected chi connectivity index (χ2v) is 8.02. The van der Waals surface area contributed by atoms with E-state index in [1.807, 2.05) is 12.3 Å². The number of aromatic nitrogens is 2. The average molecular weight is 370 g/mol. The molecule has 0 amide bonds. The molecule has 0 unspecified atom stereocenters. The zero-order valence-corrected chi connectivity index (χ0v) is 16.8. The summed E-state index contributed by atoms with van der Waals surface area (Å²) >= 11 is 1.52. The molecule has 0 aliphatic rings. The topological polar surface area (TPSA) is 37.6 Å². The summed E-state index contributed by atoms with van der Waals surface area (Å²) in [5, 5.41) is 1.98. The Hall–Kier alpha value is -1.98. The lowest BCUT2D eigenvalue weighted by Crippen LogP contribution is -2.26. The predicted molar refractivity (Wildman–Crippen MR) is 109 cm³/mol. The highest BCUT2D eigenvalue weighted by Gasteiger charge is 2.11. The summed E-state index contributed by atoms with van der Waals surface area (Å²) in [6.45, 7) is 11.1. The fourth-order valence-electron chi connectivity index (χ4n) is 3.21. The van der Waals surface area contributed by atoms with Gasteiger partial charge < -0.3 is 0 Å². The van der Waals surface area contributed by atoms with Crippen molar-refractivity contribution in [3.05, 3.63) is 68.6 Å². The number of rotatable bonds is 7. The van der Waals surface area contributed by atoms with Gasteiger partial charge in [-0.1, -0.05) is 45.0 Å². The molecule has 0 spiro atoms. The van der Waals surface area contributed by atoms with Gasteiger partial charge in [-0.15, -0.1) is 11.3 Å². The van der Waals surface area contributed by atoms with Crippen molar-refractivity contribution in [3.8, 4) is 0 Å². The van der Waals surface area contributed by atoms with Crippen molar-refractivity contribution >= 4 is 16.3 Å². The molecule has 4 nitrogen and oxygen atoms in total. The minimum Gasteiger partial charge on any atom is -0.293 e. The van der Waals surface area contributed by atoms with Crippen molar-refractivity contribution in [1.29, 1.82) is 0 Å². The number of hydrogen-bond donors (Lipinski definition) is 0. The number of benzene rings is 1. The first-order valence-corrected chi connectivity index (χ1v) is 10.1. The monoisotopic (exact) mass is 369 g/mol. The van der Waals surface area contributed by atoms with Crippen LogP contribution in [0.25, 0.3) is 4.96 Å². The predicted octanol–water partition coefficient (Wildman–Crippen LogP) is 4.60. The van der Waals surface area contributed by atoms with Gasteiger partial charge in [0.05, 0.1) is 5.69 Å². The minimum atomic E-state index is 0.0153. The molecule has 1 aromatic carbocycles. The molecule has 0 bridgehead atoms.